The summed E-state index contributed by atoms with van der Waals surface area (Å²) in [6.45, 7) is 3.45. The summed E-state index contributed by atoms with van der Waals surface area (Å²) >= 11 is 0. The summed E-state index contributed by atoms with van der Waals surface area (Å²) < 4.78 is 0. The topological polar surface area (TPSA) is 57.7 Å². The number of carbonyl (C=O) groups excluding carboxylic acids is 3. The molecule has 1 aliphatic heterocycles. The monoisotopic (exact) mass is 314 g/mol. The Morgan fingerprint density at radius 1 is 1.13 bits per heavy atom. The Kier molecular flexibility index (Phi) is 4.20. The van der Waals surface area contributed by atoms with Crippen LogP contribution in [-0.4, -0.2) is 34.7 Å². The number of carbonyl (C=O) groups is 3. The van der Waals surface area contributed by atoms with Crippen molar-refractivity contribution in [1.29, 1.82) is 0 Å². The number of anilines is 1. The molecule has 1 atom stereocenters. The standard InChI is InChI=1S/C18H22N2O3/c1-12-7-9-15(10-8-12)20-17(22)11-16(18(20)23)19(13(2)21)14-5-3-4-6-14/h7-10,14,16H,3-6,11H2,1-2H3. The van der Waals surface area contributed by atoms with Crippen LogP contribution < -0.4 is 4.90 Å². The molecule has 1 aromatic rings. The maximum absolute atomic E-state index is 12.8. The second-order valence-electron chi connectivity index (χ2n) is 6.49. The van der Waals surface area contributed by atoms with E-state index in [4.69, 9.17) is 0 Å². The van der Waals surface area contributed by atoms with Gasteiger partial charge in [0.15, 0.2) is 0 Å². The van der Waals surface area contributed by atoms with Crippen molar-refractivity contribution in [3.8, 4) is 0 Å². The first-order valence-corrected chi connectivity index (χ1v) is 8.21. The molecule has 2 aliphatic rings. The number of benzene rings is 1. The van der Waals surface area contributed by atoms with Crippen molar-refractivity contribution in [2.24, 2.45) is 0 Å². The minimum Gasteiger partial charge on any atom is -0.327 e. The van der Waals surface area contributed by atoms with E-state index in [1.807, 2.05) is 19.1 Å². The van der Waals surface area contributed by atoms with Crippen LogP contribution in [0.15, 0.2) is 24.3 Å². The zero-order valence-electron chi connectivity index (χ0n) is 13.6. The van der Waals surface area contributed by atoms with Crippen LogP contribution in [0.1, 0.15) is 44.6 Å². The van der Waals surface area contributed by atoms with Crippen molar-refractivity contribution in [1.82, 2.24) is 4.90 Å². The van der Waals surface area contributed by atoms with E-state index in [2.05, 4.69) is 0 Å². The SMILES string of the molecule is CC(=O)N(C1CCCC1)C1CC(=O)N(c2ccc(C)cc2)C1=O. The third kappa shape index (κ3) is 2.87. The average Bonchev–Trinajstić information content (AvgIpc) is 3.11. The molecule has 122 valence electrons. The number of hydrogen-bond acceptors (Lipinski definition) is 3. The van der Waals surface area contributed by atoms with Gasteiger partial charge in [-0.2, -0.15) is 0 Å². The summed E-state index contributed by atoms with van der Waals surface area (Å²) in [4.78, 5) is 40.2. The maximum atomic E-state index is 12.8. The molecule has 0 N–H and O–H groups in total. The summed E-state index contributed by atoms with van der Waals surface area (Å²) in [5.41, 5.74) is 1.66. The predicted octanol–water partition coefficient (Wildman–Crippen LogP) is 2.42. The van der Waals surface area contributed by atoms with Gasteiger partial charge in [-0.25, -0.2) is 4.90 Å². The number of imide groups is 1. The highest BCUT2D eigenvalue weighted by Gasteiger charge is 2.45. The van der Waals surface area contributed by atoms with E-state index < -0.39 is 6.04 Å². The molecule has 1 saturated heterocycles. The van der Waals surface area contributed by atoms with Crippen LogP contribution in [-0.2, 0) is 14.4 Å². The zero-order valence-corrected chi connectivity index (χ0v) is 13.6. The summed E-state index contributed by atoms with van der Waals surface area (Å²) in [5.74, 6) is -0.622. The molecular formula is C18H22N2O3. The van der Waals surface area contributed by atoms with E-state index in [0.717, 1.165) is 31.2 Å². The molecular weight excluding hydrogens is 292 g/mol. The van der Waals surface area contributed by atoms with Crippen molar-refractivity contribution >= 4 is 23.4 Å². The second-order valence-corrected chi connectivity index (χ2v) is 6.49. The molecule has 1 heterocycles. The Labute approximate surface area is 136 Å². The van der Waals surface area contributed by atoms with Crippen molar-refractivity contribution in [3.05, 3.63) is 29.8 Å². The molecule has 0 bridgehead atoms. The average molecular weight is 314 g/mol. The largest absolute Gasteiger partial charge is 0.327 e. The van der Waals surface area contributed by atoms with Crippen LogP contribution in [0, 0.1) is 6.92 Å². The third-order valence-electron chi connectivity index (χ3n) is 4.83. The van der Waals surface area contributed by atoms with Gasteiger partial charge in [-0.05, 0) is 31.9 Å². The minimum absolute atomic E-state index is 0.0861. The molecule has 3 rings (SSSR count). The Morgan fingerprint density at radius 2 is 1.74 bits per heavy atom. The molecule has 2 fully saturated rings. The second kappa shape index (κ2) is 6.14. The van der Waals surface area contributed by atoms with Crippen LogP contribution >= 0.6 is 0 Å². The van der Waals surface area contributed by atoms with E-state index >= 15 is 0 Å². The molecule has 1 saturated carbocycles. The van der Waals surface area contributed by atoms with Crippen molar-refractivity contribution in [2.75, 3.05) is 4.90 Å². The van der Waals surface area contributed by atoms with Gasteiger partial charge in [-0.1, -0.05) is 30.5 Å². The predicted molar refractivity (Wildman–Crippen MR) is 86.9 cm³/mol. The van der Waals surface area contributed by atoms with Crippen LogP contribution in [0.4, 0.5) is 5.69 Å². The highest BCUT2D eigenvalue weighted by atomic mass is 16.2. The highest BCUT2D eigenvalue weighted by molar-refractivity contribution is 6.23. The van der Waals surface area contributed by atoms with Gasteiger partial charge in [0, 0.05) is 13.0 Å². The fourth-order valence-electron chi connectivity index (χ4n) is 3.71. The first kappa shape index (κ1) is 15.7. The van der Waals surface area contributed by atoms with Gasteiger partial charge in [-0.3, -0.25) is 14.4 Å². The molecule has 1 aromatic carbocycles. The molecule has 0 radical (unpaired) electrons. The minimum atomic E-state index is -0.649. The van der Waals surface area contributed by atoms with Crippen molar-refractivity contribution in [2.45, 2.75) is 58.0 Å². The molecule has 5 nitrogen and oxygen atoms in total. The number of aryl methyl sites for hydroxylation is 1. The van der Waals surface area contributed by atoms with Crippen LogP contribution in [0.5, 0.6) is 0 Å². The lowest BCUT2D eigenvalue weighted by atomic mass is 10.1. The smallest absolute Gasteiger partial charge is 0.257 e. The Hall–Kier alpha value is -2.17. The maximum Gasteiger partial charge on any atom is 0.257 e. The van der Waals surface area contributed by atoms with Gasteiger partial charge in [0.1, 0.15) is 6.04 Å². The zero-order chi connectivity index (χ0) is 16.6. The fraction of sp³-hybridized carbons (Fsp3) is 0.500. The molecule has 1 unspecified atom stereocenters. The van der Waals surface area contributed by atoms with Gasteiger partial charge in [-0.15, -0.1) is 0 Å². The Bertz CT molecular complexity index is 632. The summed E-state index contributed by atoms with van der Waals surface area (Å²) in [5, 5.41) is 0. The first-order chi connectivity index (χ1) is 11.0. The molecule has 1 aliphatic carbocycles. The Morgan fingerprint density at radius 3 is 2.30 bits per heavy atom. The summed E-state index contributed by atoms with van der Waals surface area (Å²) in [6.07, 6.45) is 4.07. The number of amides is 3. The summed E-state index contributed by atoms with van der Waals surface area (Å²) in [7, 11) is 0. The molecule has 23 heavy (non-hydrogen) atoms. The number of nitrogens with zero attached hydrogens (tertiary/aromatic N) is 2. The Balaban J connectivity index is 1.87. The third-order valence-corrected chi connectivity index (χ3v) is 4.83. The molecule has 3 amide bonds. The molecule has 0 aromatic heterocycles. The van der Waals surface area contributed by atoms with Crippen LogP contribution in [0.3, 0.4) is 0 Å². The molecule has 5 heteroatoms. The van der Waals surface area contributed by atoms with E-state index in [-0.39, 0.29) is 30.2 Å². The van der Waals surface area contributed by atoms with Gasteiger partial charge in [0.25, 0.3) is 5.91 Å². The quantitative estimate of drug-likeness (QED) is 0.805. The normalized spacial score (nSPS) is 22.0. The van der Waals surface area contributed by atoms with Crippen LogP contribution in [0.2, 0.25) is 0 Å². The fourth-order valence-corrected chi connectivity index (χ4v) is 3.71. The van der Waals surface area contributed by atoms with Gasteiger partial charge in [0.2, 0.25) is 11.8 Å². The lowest BCUT2D eigenvalue weighted by Crippen LogP contribution is -2.49. The number of hydrogen-bond donors (Lipinski definition) is 0. The van der Waals surface area contributed by atoms with E-state index in [9.17, 15) is 14.4 Å². The first-order valence-electron chi connectivity index (χ1n) is 8.21. The lowest BCUT2D eigenvalue weighted by molar-refractivity contribution is -0.139. The van der Waals surface area contributed by atoms with Gasteiger partial charge >= 0.3 is 0 Å². The van der Waals surface area contributed by atoms with Gasteiger partial charge in [0.05, 0.1) is 12.1 Å². The van der Waals surface area contributed by atoms with Crippen molar-refractivity contribution < 1.29 is 14.4 Å². The number of rotatable bonds is 3. The van der Waals surface area contributed by atoms with E-state index in [1.165, 1.54) is 11.8 Å². The summed E-state index contributed by atoms with van der Waals surface area (Å²) in [6, 6.07) is 6.76. The molecule has 0 spiro atoms. The van der Waals surface area contributed by atoms with E-state index in [1.54, 1.807) is 17.0 Å². The van der Waals surface area contributed by atoms with E-state index in [0.29, 0.717) is 5.69 Å². The van der Waals surface area contributed by atoms with Crippen molar-refractivity contribution in [3.63, 3.8) is 0 Å². The lowest BCUT2D eigenvalue weighted by Gasteiger charge is -2.32. The van der Waals surface area contributed by atoms with Gasteiger partial charge < -0.3 is 4.90 Å². The highest BCUT2D eigenvalue weighted by Crippen LogP contribution is 2.31. The van der Waals surface area contributed by atoms with Crippen LogP contribution in [0.25, 0.3) is 0 Å².